The minimum Gasteiger partial charge on any atom is -0.494 e. The van der Waals surface area contributed by atoms with E-state index in [1.165, 1.54) is 5.56 Å². The Morgan fingerprint density at radius 1 is 1.10 bits per heavy atom. The topological polar surface area (TPSA) is 98.9 Å². The number of aromatic carboxylic acids is 1. The van der Waals surface area contributed by atoms with Crippen LogP contribution in [0, 0.1) is 18.8 Å². The number of carboxylic acids is 1. The summed E-state index contributed by atoms with van der Waals surface area (Å²) in [5.41, 5.74) is 5.15. The van der Waals surface area contributed by atoms with Crippen LogP contribution in [0.4, 0.5) is 0 Å². The number of piperidine rings is 1. The Kier molecular flexibility index (Phi) is 6.63. The zero-order valence-corrected chi connectivity index (χ0v) is 23.3. The highest BCUT2D eigenvalue weighted by atomic mass is 16.5. The molecule has 1 saturated carbocycles. The Balaban J connectivity index is 1.05. The van der Waals surface area contributed by atoms with Crippen LogP contribution in [-0.2, 0) is 24.4 Å². The number of pyridine rings is 1. The molecule has 3 atom stereocenters. The van der Waals surface area contributed by atoms with E-state index in [4.69, 9.17) is 24.2 Å². The lowest BCUT2D eigenvalue weighted by Crippen LogP contribution is -2.33. The lowest BCUT2D eigenvalue weighted by molar-refractivity contribution is -0.0591. The first-order chi connectivity index (χ1) is 20.0. The molecule has 4 heterocycles. The van der Waals surface area contributed by atoms with E-state index in [0.717, 1.165) is 48.7 Å². The Bertz CT molecular complexity index is 1580. The van der Waals surface area contributed by atoms with E-state index in [2.05, 4.69) is 46.7 Å². The van der Waals surface area contributed by atoms with Crippen LogP contribution >= 0.6 is 0 Å². The summed E-state index contributed by atoms with van der Waals surface area (Å²) in [4.78, 5) is 24.1. The maximum Gasteiger partial charge on any atom is 0.335 e. The molecule has 0 amide bonds. The maximum atomic E-state index is 11.8. The van der Waals surface area contributed by atoms with Crippen LogP contribution in [0.1, 0.15) is 45.3 Å². The monoisotopic (exact) mass is 554 g/mol. The molecule has 2 aliphatic heterocycles. The number of fused-ring (bicyclic) bond motifs is 2. The molecule has 2 saturated heterocycles. The first-order valence-electron chi connectivity index (χ1n) is 14.3. The lowest BCUT2D eigenvalue weighted by Gasteiger charge is -2.28. The molecule has 0 bridgehead atoms. The highest BCUT2D eigenvalue weighted by Crippen LogP contribution is 2.58. The number of imidazole rings is 1. The van der Waals surface area contributed by atoms with Crippen LogP contribution in [0.3, 0.4) is 0 Å². The average Bonchev–Trinajstić information content (AvgIpc) is 3.27. The molecule has 9 heteroatoms. The van der Waals surface area contributed by atoms with Crippen molar-refractivity contribution in [1.82, 2.24) is 19.4 Å². The number of rotatable bonds is 10. The van der Waals surface area contributed by atoms with Crippen LogP contribution in [0.5, 0.6) is 11.6 Å². The molecule has 0 spiro atoms. The quantitative estimate of drug-likeness (QED) is 0.302. The van der Waals surface area contributed by atoms with Crippen LogP contribution < -0.4 is 9.47 Å². The second kappa shape index (κ2) is 10.5. The summed E-state index contributed by atoms with van der Waals surface area (Å²) in [6.07, 6.45) is 1.11. The molecule has 3 aliphatic rings. The van der Waals surface area contributed by atoms with Crippen molar-refractivity contribution in [3.63, 3.8) is 0 Å². The van der Waals surface area contributed by atoms with Gasteiger partial charge in [0.1, 0.15) is 23.7 Å². The molecular weight excluding hydrogens is 520 g/mol. The molecule has 3 fully saturated rings. The Labute approximate surface area is 238 Å². The first kappa shape index (κ1) is 26.0. The molecule has 2 unspecified atom stereocenters. The van der Waals surface area contributed by atoms with Crippen molar-refractivity contribution in [3.05, 3.63) is 82.8 Å². The molecule has 9 nitrogen and oxygen atoms in total. The number of aryl methyl sites for hydroxylation is 1. The third kappa shape index (κ3) is 5.04. The molecule has 2 aromatic carbocycles. The van der Waals surface area contributed by atoms with Crippen molar-refractivity contribution in [2.45, 2.75) is 45.1 Å². The number of hydrogen-bond acceptors (Lipinski definition) is 7. The number of carbonyl (C=O) groups is 1. The largest absolute Gasteiger partial charge is 0.494 e. The predicted octanol–water partition coefficient (Wildman–Crippen LogP) is 4.66. The summed E-state index contributed by atoms with van der Waals surface area (Å²) >= 11 is 0. The van der Waals surface area contributed by atoms with Gasteiger partial charge in [0.2, 0.25) is 5.88 Å². The molecule has 7 rings (SSSR count). The van der Waals surface area contributed by atoms with Crippen molar-refractivity contribution in [1.29, 1.82) is 0 Å². The molecule has 212 valence electrons. The normalized spacial score (nSPS) is 23.3. The number of nitrogens with zero attached hydrogens (tertiary/aromatic N) is 4. The van der Waals surface area contributed by atoms with Gasteiger partial charge in [-0.25, -0.2) is 14.8 Å². The van der Waals surface area contributed by atoms with E-state index >= 15 is 0 Å². The fourth-order valence-corrected chi connectivity index (χ4v) is 6.40. The Morgan fingerprint density at radius 2 is 1.88 bits per heavy atom. The van der Waals surface area contributed by atoms with Gasteiger partial charge < -0.3 is 23.9 Å². The number of ether oxygens (including phenoxy) is 3. The van der Waals surface area contributed by atoms with Gasteiger partial charge >= 0.3 is 5.97 Å². The smallest absolute Gasteiger partial charge is 0.335 e. The highest BCUT2D eigenvalue weighted by molar-refractivity contribution is 5.95. The maximum absolute atomic E-state index is 11.8. The second-order valence-corrected chi connectivity index (χ2v) is 11.5. The van der Waals surface area contributed by atoms with Crippen molar-refractivity contribution in [2.75, 3.05) is 26.8 Å². The van der Waals surface area contributed by atoms with E-state index in [1.54, 1.807) is 19.2 Å². The Morgan fingerprint density at radius 3 is 2.56 bits per heavy atom. The predicted molar refractivity (Wildman–Crippen MR) is 152 cm³/mol. The Hall–Kier alpha value is -3.95. The number of aromatic nitrogens is 3. The van der Waals surface area contributed by atoms with Gasteiger partial charge in [0.05, 0.1) is 37.4 Å². The summed E-state index contributed by atoms with van der Waals surface area (Å²) in [7, 11) is 1.55. The van der Waals surface area contributed by atoms with E-state index in [1.807, 2.05) is 12.1 Å². The van der Waals surface area contributed by atoms with Gasteiger partial charge in [0.25, 0.3) is 0 Å². The number of hydrogen-bond donors (Lipinski definition) is 1. The van der Waals surface area contributed by atoms with Gasteiger partial charge in [-0.05, 0) is 48.9 Å². The lowest BCUT2D eigenvalue weighted by atomic mass is 10.1. The third-order valence-corrected chi connectivity index (χ3v) is 8.77. The molecule has 4 aromatic rings. The minimum absolute atomic E-state index is 0.119. The number of benzene rings is 2. The summed E-state index contributed by atoms with van der Waals surface area (Å²) in [6, 6.07) is 17.7. The van der Waals surface area contributed by atoms with Crippen molar-refractivity contribution in [2.24, 2.45) is 11.8 Å². The zero-order chi connectivity index (χ0) is 28.1. The van der Waals surface area contributed by atoms with Crippen molar-refractivity contribution < 1.29 is 24.1 Å². The third-order valence-electron chi connectivity index (χ3n) is 8.77. The second-order valence-electron chi connectivity index (χ2n) is 11.5. The molecule has 41 heavy (non-hydrogen) atoms. The van der Waals surface area contributed by atoms with Gasteiger partial charge in [-0.15, -0.1) is 0 Å². The number of methoxy groups -OCH3 is 1. The highest BCUT2D eigenvalue weighted by Gasteiger charge is 2.57. The summed E-state index contributed by atoms with van der Waals surface area (Å²) in [5, 5.41) is 9.66. The van der Waals surface area contributed by atoms with Crippen molar-refractivity contribution >= 4 is 17.0 Å². The van der Waals surface area contributed by atoms with E-state index in [0.29, 0.717) is 54.6 Å². The van der Waals surface area contributed by atoms with Gasteiger partial charge in [-0.1, -0.05) is 35.9 Å². The first-order valence-corrected chi connectivity index (χ1v) is 14.3. The van der Waals surface area contributed by atoms with E-state index in [-0.39, 0.29) is 11.7 Å². The average molecular weight is 555 g/mol. The number of carboxylic acid groups (broad SMARTS) is 1. The van der Waals surface area contributed by atoms with Crippen LogP contribution in [0.25, 0.3) is 11.0 Å². The van der Waals surface area contributed by atoms with Crippen LogP contribution in [0.2, 0.25) is 0 Å². The molecule has 1 aliphatic carbocycles. The van der Waals surface area contributed by atoms with Gasteiger partial charge in [0, 0.05) is 37.4 Å². The molecular formula is C32H34N4O5. The summed E-state index contributed by atoms with van der Waals surface area (Å²) in [6.45, 7) is 6.66. The molecule has 1 N–H and O–H groups in total. The zero-order valence-electron chi connectivity index (χ0n) is 23.3. The molecule has 0 radical (unpaired) electrons. The number of likely N-dealkylation sites (tertiary alicyclic amines) is 1. The fourth-order valence-electron chi connectivity index (χ4n) is 6.40. The van der Waals surface area contributed by atoms with Gasteiger partial charge in [0.15, 0.2) is 0 Å². The summed E-state index contributed by atoms with van der Waals surface area (Å²) in [5.74, 6) is 2.67. The van der Waals surface area contributed by atoms with Gasteiger partial charge in [-0.2, -0.15) is 0 Å². The summed E-state index contributed by atoms with van der Waals surface area (Å²) < 4.78 is 19.4. The standard InChI is InChI=1S/C32H34N4O5/c1-19-6-8-20(9-7-19)18-41-29-5-3-4-25(33-29)30-23-15-35(16-24(23)30)17-28-34-31-26(36(28)14-22-10-11-40-22)12-21(32(37)38)13-27(31)39-2/h3-9,12-13,22-24,30H,10-11,14-18H2,1-2H3,(H,37,38)/t22-,23?,24?,30?/m0/s1. The van der Waals surface area contributed by atoms with Crippen LogP contribution in [-0.4, -0.2) is 63.4 Å². The van der Waals surface area contributed by atoms with E-state index < -0.39 is 5.97 Å². The van der Waals surface area contributed by atoms with Crippen LogP contribution in [0.15, 0.2) is 54.6 Å². The SMILES string of the molecule is COc1cc(C(=O)O)cc2c1nc(CN1CC3C(C1)C3c1cccc(OCc3ccc(C)cc3)n1)n2C[C@@H]1CCO1. The van der Waals surface area contributed by atoms with E-state index in [9.17, 15) is 9.90 Å². The van der Waals surface area contributed by atoms with Crippen molar-refractivity contribution in [3.8, 4) is 11.6 Å². The fraction of sp³-hybridized carbons (Fsp3) is 0.406. The molecule has 2 aromatic heterocycles. The van der Waals surface area contributed by atoms with Gasteiger partial charge in [-0.3, -0.25) is 4.90 Å². The minimum atomic E-state index is -0.983.